The number of unbranched alkanes of at least 4 members (excludes halogenated alkanes) is 1. The maximum Gasteiger partial charge on any atom is 0.326 e. The van der Waals surface area contributed by atoms with Crippen molar-refractivity contribution in [3.05, 3.63) is 30.1 Å². The molecule has 0 aromatic heterocycles. The van der Waals surface area contributed by atoms with Crippen molar-refractivity contribution in [3.63, 3.8) is 0 Å². The second kappa shape index (κ2) is 6.10. The fraction of sp³-hybridized carbons (Fsp3) is 0.417. The van der Waals surface area contributed by atoms with Crippen molar-refractivity contribution in [2.75, 3.05) is 5.32 Å². The van der Waals surface area contributed by atoms with Gasteiger partial charge in [0.25, 0.3) is 0 Å². The highest BCUT2D eigenvalue weighted by atomic mass is 19.1. The minimum absolute atomic E-state index is 0.242. The number of hydrogen-bond acceptors (Lipinski definition) is 2. The molecule has 4 heteroatoms. The van der Waals surface area contributed by atoms with E-state index in [-0.39, 0.29) is 5.69 Å². The molecule has 88 valence electrons. The Bertz CT molecular complexity index is 355. The van der Waals surface area contributed by atoms with E-state index >= 15 is 0 Å². The van der Waals surface area contributed by atoms with Gasteiger partial charge in [-0.15, -0.1) is 0 Å². The predicted molar refractivity (Wildman–Crippen MR) is 61.0 cm³/mol. The average molecular weight is 225 g/mol. The minimum atomic E-state index is -0.947. The maximum absolute atomic E-state index is 13.3. The lowest BCUT2D eigenvalue weighted by Crippen LogP contribution is -2.29. The smallest absolute Gasteiger partial charge is 0.326 e. The quantitative estimate of drug-likeness (QED) is 0.782. The molecule has 2 N–H and O–H groups in total. The SMILES string of the molecule is CCCCC(Nc1ccccc1F)C(=O)O. The molecule has 0 spiro atoms. The number of nitrogens with one attached hydrogen (secondary N) is 1. The summed E-state index contributed by atoms with van der Waals surface area (Å²) < 4.78 is 13.3. The first-order valence-electron chi connectivity index (χ1n) is 5.39. The van der Waals surface area contributed by atoms with E-state index in [2.05, 4.69) is 5.32 Å². The van der Waals surface area contributed by atoms with Crippen LogP contribution in [0.1, 0.15) is 26.2 Å². The maximum atomic E-state index is 13.3. The molecular weight excluding hydrogens is 209 g/mol. The molecule has 1 atom stereocenters. The Kier molecular flexibility index (Phi) is 4.76. The predicted octanol–water partition coefficient (Wildman–Crippen LogP) is 2.88. The van der Waals surface area contributed by atoms with Crippen LogP contribution in [0.5, 0.6) is 0 Å². The van der Waals surface area contributed by atoms with Crippen LogP contribution < -0.4 is 5.32 Å². The first-order chi connectivity index (χ1) is 7.65. The van der Waals surface area contributed by atoms with Gasteiger partial charge in [-0.1, -0.05) is 31.9 Å². The van der Waals surface area contributed by atoms with E-state index in [9.17, 15) is 9.18 Å². The lowest BCUT2D eigenvalue weighted by atomic mass is 10.1. The third-order valence-electron chi connectivity index (χ3n) is 2.35. The Morgan fingerprint density at radius 1 is 1.50 bits per heavy atom. The van der Waals surface area contributed by atoms with Gasteiger partial charge in [0, 0.05) is 0 Å². The summed E-state index contributed by atoms with van der Waals surface area (Å²) in [6, 6.07) is 5.36. The van der Waals surface area contributed by atoms with Gasteiger partial charge in [0.15, 0.2) is 0 Å². The molecule has 16 heavy (non-hydrogen) atoms. The molecule has 0 aliphatic heterocycles. The summed E-state index contributed by atoms with van der Waals surface area (Å²) >= 11 is 0. The van der Waals surface area contributed by atoms with Gasteiger partial charge in [-0.2, -0.15) is 0 Å². The van der Waals surface area contributed by atoms with E-state index in [4.69, 9.17) is 5.11 Å². The van der Waals surface area contributed by atoms with Crippen molar-refractivity contribution >= 4 is 11.7 Å². The summed E-state index contributed by atoms with van der Waals surface area (Å²) in [5, 5.41) is 11.7. The van der Waals surface area contributed by atoms with Gasteiger partial charge in [0.05, 0.1) is 5.69 Å². The molecule has 0 amide bonds. The van der Waals surface area contributed by atoms with Crippen molar-refractivity contribution < 1.29 is 14.3 Å². The second-order valence-corrected chi connectivity index (χ2v) is 3.66. The van der Waals surface area contributed by atoms with Crippen LogP contribution >= 0.6 is 0 Å². The Hall–Kier alpha value is -1.58. The fourth-order valence-electron chi connectivity index (χ4n) is 1.43. The summed E-state index contributed by atoms with van der Waals surface area (Å²) in [4.78, 5) is 10.9. The van der Waals surface area contributed by atoms with Crippen molar-refractivity contribution in [2.45, 2.75) is 32.2 Å². The number of aliphatic carboxylic acids is 1. The van der Waals surface area contributed by atoms with E-state index in [1.165, 1.54) is 12.1 Å². The zero-order valence-corrected chi connectivity index (χ0v) is 9.24. The number of carbonyl (C=O) groups is 1. The highest BCUT2D eigenvalue weighted by molar-refractivity contribution is 5.77. The molecule has 0 fully saturated rings. The molecule has 0 aliphatic carbocycles. The monoisotopic (exact) mass is 225 g/mol. The number of anilines is 1. The number of carboxylic acid groups (broad SMARTS) is 1. The molecule has 1 rings (SSSR count). The number of benzene rings is 1. The molecule has 0 heterocycles. The normalized spacial score (nSPS) is 12.1. The topological polar surface area (TPSA) is 49.3 Å². The van der Waals surface area contributed by atoms with Crippen LogP contribution in [0.3, 0.4) is 0 Å². The summed E-state index contributed by atoms with van der Waals surface area (Å²) in [5.41, 5.74) is 0.242. The van der Waals surface area contributed by atoms with E-state index in [0.29, 0.717) is 6.42 Å². The number of halogens is 1. The van der Waals surface area contributed by atoms with Gasteiger partial charge < -0.3 is 10.4 Å². The van der Waals surface area contributed by atoms with E-state index < -0.39 is 17.8 Å². The van der Waals surface area contributed by atoms with Gasteiger partial charge in [0.2, 0.25) is 0 Å². The van der Waals surface area contributed by atoms with Crippen LogP contribution in [-0.2, 0) is 4.79 Å². The first-order valence-corrected chi connectivity index (χ1v) is 5.39. The van der Waals surface area contributed by atoms with E-state index in [1.54, 1.807) is 12.1 Å². The van der Waals surface area contributed by atoms with Gasteiger partial charge in [-0.3, -0.25) is 0 Å². The van der Waals surface area contributed by atoms with Crippen LogP contribution in [0.25, 0.3) is 0 Å². The molecule has 0 radical (unpaired) electrons. The number of para-hydroxylation sites is 1. The Labute approximate surface area is 94.3 Å². The van der Waals surface area contributed by atoms with Crippen LogP contribution in [0, 0.1) is 5.82 Å². The van der Waals surface area contributed by atoms with Crippen molar-refractivity contribution in [1.29, 1.82) is 0 Å². The van der Waals surface area contributed by atoms with Crippen molar-refractivity contribution in [2.24, 2.45) is 0 Å². The molecule has 1 aromatic carbocycles. The van der Waals surface area contributed by atoms with Crippen LogP contribution in [0.2, 0.25) is 0 Å². The standard InChI is InChI=1S/C12H16FNO2/c1-2-3-7-11(12(15)16)14-10-8-5-4-6-9(10)13/h4-6,8,11,14H,2-3,7H2,1H3,(H,15,16). The van der Waals surface area contributed by atoms with E-state index in [1.807, 2.05) is 6.92 Å². The summed E-state index contributed by atoms with van der Waals surface area (Å²) in [6.07, 6.45) is 2.22. The molecule has 1 unspecified atom stereocenters. The third-order valence-corrected chi connectivity index (χ3v) is 2.35. The summed E-state index contributed by atoms with van der Waals surface area (Å²) in [5.74, 6) is -1.37. The van der Waals surface area contributed by atoms with Crippen LogP contribution in [0.15, 0.2) is 24.3 Å². The van der Waals surface area contributed by atoms with Crippen LogP contribution in [0.4, 0.5) is 10.1 Å². The van der Waals surface area contributed by atoms with Crippen LogP contribution in [-0.4, -0.2) is 17.1 Å². The zero-order chi connectivity index (χ0) is 12.0. The van der Waals surface area contributed by atoms with Gasteiger partial charge in [-0.05, 0) is 18.6 Å². The minimum Gasteiger partial charge on any atom is -0.480 e. The third kappa shape index (κ3) is 3.53. The highest BCUT2D eigenvalue weighted by Crippen LogP contribution is 2.15. The molecule has 3 nitrogen and oxygen atoms in total. The molecular formula is C12H16FNO2. The van der Waals surface area contributed by atoms with Gasteiger partial charge in [0.1, 0.15) is 11.9 Å². The summed E-state index contributed by atoms with van der Waals surface area (Å²) in [7, 11) is 0. The molecule has 0 aliphatic rings. The molecule has 1 aromatic rings. The Balaban J connectivity index is 2.68. The van der Waals surface area contributed by atoms with Gasteiger partial charge in [-0.25, -0.2) is 9.18 Å². The van der Waals surface area contributed by atoms with Crippen molar-refractivity contribution in [1.82, 2.24) is 0 Å². The zero-order valence-electron chi connectivity index (χ0n) is 9.24. The second-order valence-electron chi connectivity index (χ2n) is 3.66. The van der Waals surface area contributed by atoms with Crippen molar-refractivity contribution in [3.8, 4) is 0 Å². The molecule has 0 saturated carbocycles. The first kappa shape index (κ1) is 12.5. The average Bonchev–Trinajstić information content (AvgIpc) is 2.26. The molecule has 0 saturated heterocycles. The lowest BCUT2D eigenvalue weighted by Gasteiger charge is -2.15. The number of hydrogen-bond donors (Lipinski definition) is 2. The summed E-state index contributed by atoms with van der Waals surface area (Å²) in [6.45, 7) is 1.99. The fourth-order valence-corrected chi connectivity index (χ4v) is 1.43. The number of carboxylic acids is 1. The lowest BCUT2D eigenvalue weighted by molar-refractivity contribution is -0.138. The van der Waals surface area contributed by atoms with E-state index in [0.717, 1.165) is 12.8 Å². The highest BCUT2D eigenvalue weighted by Gasteiger charge is 2.17. The number of rotatable bonds is 6. The Morgan fingerprint density at radius 3 is 2.75 bits per heavy atom. The Morgan fingerprint density at radius 2 is 2.19 bits per heavy atom. The van der Waals surface area contributed by atoms with Gasteiger partial charge >= 0.3 is 5.97 Å². The molecule has 0 bridgehead atoms. The largest absolute Gasteiger partial charge is 0.480 e.